The monoisotopic (exact) mass is 472 g/mol. The summed E-state index contributed by atoms with van der Waals surface area (Å²) in [7, 11) is 0. The van der Waals surface area contributed by atoms with Crippen molar-refractivity contribution in [2.24, 2.45) is 0 Å². The fourth-order valence-electron chi connectivity index (χ4n) is 0.768. The zero-order valence-electron chi connectivity index (χ0n) is 5.97. The van der Waals surface area contributed by atoms with Gasteiger partial charge in [-0.25, -0.2) is 0 Å². The Morgan fingerprint density at radius 3 is 1.85 bits per heavy atom. The van der Waals surface area contributed by atoms with Crippen LogP contribution < -0.4 is 0 Å². The molecule has 0 aliphatic carbocycles. The van der Waals surface area contributed by atoms with Gasteiger partial charge in [0.05, 0.1) is 19.0 Å². The van der Waals surface area contributed by atoms with Crippen molar-refractivity contribution < 1.29 is 0 Å². The minimum Gasteiger partial charge on any atom is -0.0875 e. The molecule has 0 N–H and O–H groups in total. The first kappa shape index (κ1) is 12.8. The second-order valence-electron chi connectivity index (χ2n) is 2.18. The van der Waals surface area contributed by atoms with Crippen LogP contribution >= 0.6 is 86.9 Å². The molecule has 1 aromatic rings. The lowest BCUT2D eigenvalue weighted by atomic mass is 10.2. The molecule has 0 atom stereocenters. The highest BCUT2D eigenvalue weighted by atomic mass is 79.9. The van der Waals surface area contributed by atoms with Gasteiger partial charge >= 0.3 is 0 Å². The Kier molecular flexibility index (Phi) is 5.09. The van der Waals surface area contributed by atoms with Gasteiger partial charge in [-0.1, -0.05) is 39.1 Å². The van der Waals surface area contributed by atoms with E-state index in [0.29, 0.717) is 19.8 Å². The van der Waals surface area contributed by atoms with Gasteiger partial charge in [-0.05, 0) is 53.4 Å². The fraction of sp³-hybridized carbons (Fsp3) is 0.143. The molecule has 1 aromatic carbocycles. The molecule has 6 heteroatoms. The summed E-state index contributed by atoms with van der Waals surface area (Å²) in [5, 5.41) is 1.86. The molecule has 0 radical (unpaired) electrons. The predicted molar refractivity (Wildman–Crippen MR) is 72.2 cm³/mol. The number of halogens is 6. The van der Waals surface area contributed by atoms with Crippen LogP contribution in [-0.2, 0) is 5.33 Å². The van der Waals surface area contributed by atoms with Gasteiger partial charge in [0.15, 0.2) is 0 Å². The van der Waals surface area contributed by atoms with Crippen LogP contribution in [0.4, 0.5) is 0 Å². The fourth-order valence-corrected chi connectivity index (χ4v) is 4.27. The van der Waals surface area contributed by atoms with Crippen molar-refractivity contribution in [1.82, 2.24) is 0 Å². The van der Waals surface area contributed by atoms with Crippen LogP contribution in [0.15, 0.2) is 13.4 Å². The van der Waals surface area contributed by atoms with Crippen molar-refractivity contribution in [2.75, 3.05) is 0 Å². The van der Waals surface area contributed by atoms with E-state index in [2.05, 4.69) is 63.7 Å². The van der Waals surface area contributed by atoms with Crippen LogP contribution in [0.5, 0.6) is 0 Å². The van der Waals surface area contributed by atoms with Gasteiger partial charge in [-0.2, -0.15) is 0 Å². The van der Waals surface area contributed by atoms with Crippen LogP contribution in [0.25, 0.3) is 0 Å². The molecule has 13 heavy (non-hydrogen) atoms. The molecule has 0 saturated carbocycles. The molecule has 0 aliphatic rings. The number of benzene rings is 1. The van der Waals surface area contributed by atoms with Gasteiger partial charge in [-0.3, -0.25) is 0 Å². The minimum absolute atomic E-state index is 0.571. The Hall–Kier alpha value is 1.72. The van der Waals surface area contributed by atoms with Crippen LogP contribution in [-0.4, -0.2) is 0 Å². The van der Waals surface area contributed by atoms with Crippen molar-refractivity contribution >= 4 is 86.9 Å². The average Bonchev–Trinajstić information content (AvgIpc) is 2.13. The molecule has 0 spiro atoms. The maximum atomic E-state index is 6.06. The van der Waals surface area contributed by atoms with Crippen molar-refractivity contribution in [3.05, 3.63) is 29.0 Å². The molecule has 0 saturated heterocycles. The summed E-state index contributed by atoms with van der Waals surface area (Å²) in [5.41, 5.74) is 0.963. The molecule has 0 fully saturated rings. The lowest BCUT2D eigenvalue weighted by Gasteiger charge is -2.10. The molecule has 1 rings (SSSR count). The van der Waals surface area contributed by atoms with E-state index in [1.165, 1.54) is 0 Å². The third-order valence-corrected chi connectivity index (χ3v) is 6.47. The Morgan fingerprint density at radius 1 is 0.846 bits per heavy atom. The van der Waals surface area contributed by atoms with E-state index in [4.69, 9.17) is 23.2 Å². The number of alkyl halides is 1. The van der Waals surface area contributed by atoms with E-state index in [1.54, 1.807) is 0 Å². The van der Waals surface area contributed by atoms with E-state index in [1.807, 2.05) is 0 Å². The standard InChI is InChI=1S/C7H2Br4Cl2/c8-1-2-3(9)4(10)7(13)5(11)6(2)12/h1H2. The zero-order valence-corrected chi connectivity index (χ0v) is 13.8. The van der Waals surface area contributed by atoms with Crippen LogP contribution in [0.1, 0.15) is 5.56 Å². The minimum atomic E-state index is 0.571. The second kappa shape index (κ2) is 5.17. The summed E-state index contributed by atoms with van der Waals surface area (Å²) in [5.74, 6) is 0. The van der Waals surface area contributed by atoms with Gasteiger partial charge in [0.1, 0.15) is 0 Å². The molecule has 0 unspecified atom stereocenters. The van der Waals surface area contributed by atoms with Crippen LogP contribution in [0.2, 0.25) is 10.0 Å². The number of rotatable bonds is 1. The van der Waals surface area contributed by atoms with Gasteiger partial charge in [-0.15, -0.1) is 0 Å². The van der Waals surface area contributed by atoms with Crippen molar-refractivity contribution in [2.45, 2.75) is 5.33 Å². The summed E-state index contributed by atoms with van der Waals surface area (Å²) < 4.78 is 2.39. The van der Waals surface area contributed by atoms with Crippen molar-refractivity contribution in [3.63, 3.8) is 0 Å². The summed E-state index contributed by atoms with van der Waals surface area (Å²) >= 11 is 25.5. The lowest BCUT2D eigenvalue weighted by molar-refractivity contribution is 1.36. The number of hydrogen-bond acceptors (Lipinski definition) is 0. The predicted octanol–water partition coefficient (Wildman–Crippen LogP) is 6.18. The molecular weight excluding hydrogens is 475 g/mol. The quantitative estimate of drug-likeness (QED) is 0.258. The summed E-state index contributed by atoms with van der Waals surface area (Å²) in [6.07, 6.45) is 0. The highest BCUT2D eigenvalue weighted by molar-refractivity contribution is 9.13. The molecule has 0 bridgehead atoms. The van der Waals surface area contributed by atoms with E-state index in [0.717, 1.165) is 14.5 Å². The summed E-state index contributed by atoms with van der Waals surface area (Å²) in [6.45, 7) is 0. The highest BCUT2D eigenvalue weighted by Crippen LogP contribution is 2.44. The van der Waals surface area contributed by atoms with E-state index < -0.39 is 0 Å². The molecule has 0 heterocycles. The zero-order chi connectivity index (χ0) is 10.2. The molecule has 0 nitrogen and oxygen atoms in total. The normalized spacial score (nSPS) is 10.6. The van der Waals surface area contributed by atoms with E-state index in [-0.39, 0.29) is 0 Å². The molecule has 0 aromatic heterocycles. The van der Waals surface area contributed by atoms with E-state index >= 15 is 0 Å². The first-order chi connectivity index (χ1) is 6.00. The van der Waals surface area contributed by atoms with E-state index in [9.17, 15) is 0 Å². The summed E-state index contributed by atoms with van der Waals surface area (Å²) in [4.78, 5) is 0. The lowest BCUT2D eigenvalue weighted by Crippen LogP contribution is -1.87. The maximum absolute atomic E-state index is 6.06. The third-order valence-electron chi connectivity index (χ3n) is 1.43. The molecule has 0 amide bonds. The van der Waals surface area contributed by atoms with Gasteiger partial charge < -0.3 is 0 Å². The maximum Gasteiger partial charge on any atom is 0.0716 e. The van der Waals surface area contributed by atoms with Crippen molar-refractivity contribution in [3.8, 4) is 0 Å². The molecule has 72 valence electrons. The van der Waals surface area contributed by atoms with Crippen molar-refractivity contribution in [1.29, 1.82) is 0 Å². The highest BCUT2D eigenvalue weighted by Gasteiger charge is 2.16. The Balaban J connectivity index is 3.56. The van der Waals surface area contributed by atoms with Gasteiger partial charge in [0, 0.05) is 9.80 Å². The first-order valence-corrected chi connectivity index (χ1v) is 7.32. The third kappa shape index (κ3) is 2.45. The smallest absolute Gasteiger partial charge is 0.0716 e. The topological polar surface area (TPSA) is 0 Å². The Labute approximate surface area is 120 Å². The largest absolute Gasteiger partial charge is 0.0875 e. The van der Waals surface area contributed by atoms with Crippen LogP contribution in [0.3, 0.4) is 0 Å². The van der Waals surface area contributed by atoms with Gasteiger partial charge in [0.25, 0.3) is 0 Å². The van der Waals surface area contributed by atoms with Gasteiger partial charge in [0.2, 0.25) is 0 Å². The SMILES string of the molecule is Clc1c(Br)c(Cl)c(CBr)c(Br)c1Br. The summed E-state index contributed by atoms with van der Waals surface area (Å²) in [6, 6.07) is 0. The Morgan fingerprint density at radius 2 is 1.38 bits per heavy atom. The first-order valence-electron chi connectivity index (χ1n) is 3.07. The molecular formula is C7H2Br4Cl2. The molecule has 0 aliphatic heterocycles. The Bertz CT molecular complexity index is 322. The van der Waals surface area contributed by atoms with Crippen LogP contribution in [0, 0.1) is 0 Å². The second-order valence-corrected chi connectivity index (χ2v) is 5.88. The average molecular weight is 477 g/mol. The number of hydrogen-bond donors (Lipinski definition) is 0.